The van der Waals surface area contributed by atoms with Gasteiger partial charge in [0.1, 0.15) is 0 Å². The maximum atomic E-state index is 12.0. The first-order valence-electron chi connectivity index (χ1n) is 5.58. The zero-order valence-electron chi connectivity index (χ0n) is 9.64. The van der Waals surface area contributed by atoms with Gasteiger partial charge in [-0.1, -0.05) is 0 Å². The van der Waals surface area contributed by atoms with Gasteiger partial charge in [0.15, 0.2) is 0 Å². The van der Waals surface area contributed by atoms with Crippen molar-refractivity contribution >= 4 is 17.2 Å². The fraction of sp³-hybridized carbons (Fsp3) is 0.583. The summed E-state index contributed by atoms with van der Waals surface area (Å²) >= 11 is 1.50. The van der Waals surface area contributed by atoms with Crippen LogP contribution in [0, 0.1) is 12.8 Å². The van der Waals surface area contributed by atoms with E-state index in [1.54, 1.807) is 11.9 Å². The van der Waals surface area contributed by atoms with E-state index >= 15 is 0 Å². The molecule has 0 radical (unpaired) electrons. The second kappa shape index (κ2) is 4.55. The second-order valence-electron chi connectivity index (χ2n) is 4.50. The third-order valence-corrected chi connectivity index (χ3v) is 3.91. The number of carbonyl (C=O) groups is 1. The summed E-state index contributed by atoms with van der Waals surface area (Å²) < 4.78 is 0. The van der Waals surface area contributed by atoms with E-state index < -0.39 is 0 Å². The highest BCUT2D eigenvalue weighted by Gasteiger charge is 2.31. The lowest BCUT2D eigenvalue weighted by molar-refractivity contribution is 0.0649. The number of aryl methyl sites for hydroxylation is 1. The summed E-state index contributed by atoms with van der Waals surface area (Å²) in [6.07, 6.45) is 1.85. The van der Waals surface area contributed by atoms with Crippen molar-refractivity contribution in [1.29, 1.82) is 0 Å². The maximum absolute atomic E-state index is 12.0. The fourth-order valence-electron chi connectivity index (χ4n) is 1.73. The van der Waals surface area contributed by atoms with E-state index in [2.05, 4.69) is 0 Å². The SMILES string of the molecule is Cc1ccc(C(=O)N(C)CC(O)C2CC2)s1. The number of hydrogen-bond acceptors (Lipinski definition) is 3. The van der Waals surface area contributed by atoms with E-state index in [1.807, 2.05) is 19.1 Å². The van der Waals surface area contributed by atoms with Crippen LogP contribution in [-0.2, 0) is 0 Å². The largest absolute Gasteiger partial charge is 0.391 e. The van der Waals surface area contributed by atoms with Crippen LogP contribution in [0.5, 0.6) is 0 Å². The van der Waals surface area contributed by atoms with Crippen LogP contribution < -0.4 is 0 Å². The third-order valence-electron chi connectivity index (χ3n) is 2.92. The van der Waals surface area contributed by atoms with Crippen molar-refractivity contribution in [3.05, 3.63) is 21.9 Å². The van der Waals surface area contributed by atoms with Crippen molar-refractivity contribution in [1.82, 2.24) is 4.90 Å². The molecule has 0 aliphatic heterocycles. The van der Waals surface area contributed by atoms with Crippen molar-refractivity contribution in [3.8, 4) is 0 Å². The van der Waals surface area contributed by atoms with Crippen LogP contribution in [0.4, 0.5) is 0 Å². The van der Waals surface area contributed by atoms with Crippen molar-refractivity contribution in [2.75, 3.05) is 13.6 Å². The molecular weight excluding hydrogens is 222 g/mol. The average molecular weight is 239 g/mol. The first kappa shape index (κ1) is 11.6. The highest BCUT2D eigenvalue weighted by molar-refractivity contribution is 7.13. The molecule has 2 rings (SSSR count). The Kier molecular flexibility index (Phi) is 3.30. The minimum Gasteiger partial charge on any atom is -0.391 e. The van der Waals surface area contributed by atoms with E-state index in [0.717, 1.165) is 22.6 Å². The van der Waals surface area contributed by atoms with Crippen LogP contribution in [-0.4, -0.2) is 35.6 Å². The average Bonchev–Trinajstić information content (AvgIpc) is 3.00. The van der Waals surface area contributed by atoms with Gasteiger partial charge in [0.05, 0.1) is 11.0 Å². The lowest BCUT2D eigenvalue weighted by Crippen LogP contribution is -2.34. The number of aliphatic hydroxyl groups excluding tert-OH is 1. The molecule has 1 atom stereocenters. The van der Waals surface area contributed by atoms with E-state index in [4.69, 9.17) is 0 Å². The summed E-state index contributed by atoms with van der Waals surface area (Å²) in [4.78, 5) is 15.5. The van der Waals surface area contributed by atoms with Gasteiger partial charge < -0.3 is 10.0 Å². The van der Waals surface area contributed by atoms with E-state index in [-0.39, 0.29) is 12.0 Å². The molecule has 4 heteroatoms. The first-order chi connectivity index (χ1) is 7.58. The maximum Gasteiger partial charge on any atom is 0.263 e. The minimum absolute atomic E-state index is 0.0119. The summed E-state index contributed by atoms with van der Waals surface area (Å²) in [6.45, 7) is 2.43. The number of thiophene rings is 1. The molecule has 3 nitrogen and oxygen atoms in total. The van der Waals surface area contributed by atoms with Crippen molar-refractivity contribution in [2.45, 2.75) is 25.9 Å². The molecule has 1 aliphatic carbocycles. The molecule has 1 aromatic rings. The summed E-state index contributed by atoms with van der Waals surface area (Å²) in [5.41, 5.74) is 0. The molecule has 1 heterocycles. The van der Waals surface area contributed by atoms with Crippen molar-refractivity contribution < 1.29 is 9.90 Å². The Morgan fingerprint density at radius 2 is 2.31 bits per heavy atom. The standard InChI is InChI=1S/C12H17NO2S/c1-8-3-6-11(16-8)12(15)13(2)7-10(14)9-4-5-9/h3,6,9-10,14H,4-5,7H2,1-2H3. The van der Waals surface area contributed by atoms with Gasteiger partial charge in [0.25, 0.3) is 5.91 Å². The molecule has 0 bridgehead atoms. The second-order valence-corrected chi connectivity index (χ2v) is 5.79. The quantitative estimate of drug-likeness (QED) is 0.871. The van der Waals surface area contributed by atoms with E-state index in [0.29, 0.717) is 12.5 Å². The van der Waals surface area contributed by atoms with Crippen LogP contribution in [0.25, 0.3) is 0 Å². The Bertz CT molecular complexity index is 384. The molecule has 1 aliphatic rings. The normalized spacial score (nSPS) is 17.2. The number of rotatable bonds is 4. The van der Waals surface area contributed by atoms with Gasteiger partial charge >= 0.3 is 0 Å². The Morgan fingerprint density at radius 3 is 2.81 bits per heavy atom. The molecule has 1 aromatic heterocycles. The zero-order valence-corrected chi connectivity index (χ0v) is 10.5. The predicted octanol–water partition coefficient (Wildman–Crippen LogP) is 1.90. The van der Waals surface area contributed by atoms with Gasteiger partial charge in [0.2, 0.25) is 0 Å². The minimum atomic E-state index is -0.352. The van der Waals surface area contributed by atoms with Crippen LogP contribution in [0.2, 0.25) is 0 Å². The van der Waals surface area contributed by atoms with Gasteiger partial charge in [-0.05, 0) is 37.8 Å². The van der Waals surface area contributed by atoms with Gasteiger partial charge in [-0.25, -0.2) is 0 Å². The summed E-state index contributed by atoms with van der Waals surface area (Å²) in [7, 11) is 1.75. The molecule has 16 heavy (non-hydrogen) atoms. The Labute approximate surface area is 99.7 Å². The summed E-state index contributed by atoms with van der Waals surface area (Å²) in [5.74, 6) is 0.429. The summed E-state index contributed by atoms with van der Waals surface area (Å²) in [5, 5.41) is 9.77. The lowest BCUT2D eigenvalue weighted by Gasteiger charge is -2.19. The van der Waals surface area contributed by atoms with Crippen LogP contribution in [0.1, 0.15) is 27.4 Å². The molecule has 88 valence electrons. The van der Waals surface area contributed by atoms with Crippen molar-refractivity contribution in [2.24, 2.45) is 5.92 Å². The molecular formula is C12H17NO2S. The fourth-order valence-corrected chi connectivity index (χ4v) is 2.59. The molecule has 1 unspecified atom stereocenters. The van der Waals surface area contributed by atoms with E-state index in [1.165, 1.54) is 11.3 Å². The monoisotopic (exact) mass is 239 g/mol. The van der Waals surface area contributed by atoms with Crippen LogP contribution in [0.3, 0.4) is 0 Å². The van der Waals surface area contributed by atoms with Gasteiger partial charge in [-0.2, -0.15) is 0 Å². The molecule has 0 spiro atoms. The number of likely N-dealkylation sites (N-methyl/N-ethyl adjacent to an activating group) is 1. The number of hydrogen-bond donors (Lipinski definition) is 1. The topological polar surface area (TPSA) is 40.5 Å². The highest BCUT2D eigenvalue weighted by atomic mass is 32.1. The Balaban J connectivity index is 1.93. The molecule has 1 amide bonds. The molecule has 1 N–H and O–H groups in total. The van der Waals surface area contributed by atoms with Gasteiger partial charge in [0, 0.05) is 18.5 Å². The van der Waals surface area contributed by atoms with Gasteiger partial charge in [-0.3, -0.25) is 4.79 Å². The molecule has 1 fully saturated rings. The Hall–Kier alpha value is -0.870. The van der Waals surface area contributed by atoms with Crippen LogP contribution >= 0.6 is 11.3 Å². The lowest BCUT2D eigenvalue weighted by atomic mass is 10.2. The first-order valence-corrected chi connectivity index (χ1v) is 6.39. The highest BCUT2D eigenvalue weighted by Crippen LogP contribution is 2.32. The smallest absolute Gasteiger partial charge is 0.263 e. The molecule has 1 saturated carbocycles. The van der Waals surface area contributed by atoms with Crippen LogP contribution in [0.15, 0.2) is 12.1 Å². The zero-order chi connectivity index (χ0) is 11.7. The molecule has 0 saturated heterocycles. The third kappa shape index (κ3) is 2.62. The molecule has 0 aromatic carbocycles. The Morgan fingerprint density at radius 1 is 1.62 bits per heavy atom. The number of nitrogens with zero attached hydrogens (tertiary/aromatic N) is 1. The van der Waals surface area contributed by atoms with Crippen molar-refractivity contribution in [3.63, 3.8) is 0 Å². The number of carbonyl (C=O) groups excluding carboxylic acids is 1. The number of aliphatic hydroxyl groups is 1. The number of amides is 1. The predicted molar refractivity (Wildman–Crippen MR) is 64.7 cm³/mol. The summed E-state index contributed by atoms with van der Waals surface area (Å²) in [6, 6.07) is 3.80. The van der Waals surface area contributed by atoms with Gasteiger partial charge in [-0.15, -0.1) is 11.3 Å². The van der Waals surface area contributed by atoms with E-state index in [9.17, 15) is 9.90 Å².